The maximum absolute atomic E-state index is 11.9. The molecule has 7 heteroatoms. The quantitative estimate of drug-likeness (QED) is 0.378. The molecule has 0 saturated heterocycles. The number of guanidine groups is 1. The van der Waals surface area contributed by atoms with Gasteiger partial charge in [0.2, 0.25) is 0 Å². The van der Waals surface area contributed by atoms with E-state index in [-0.39, 0.29) is 29.9 Å². The Kier molecular flexibility index (Phi) is 9.63. The van der Waals surface area contributed by atoms with Gasteiger partial charge in [0.25, 0.3) is 5.91 Å². The predicted octanol–water partition coefficient (Wildman–Crippen LogP) is 2.88. The van der Waals surface area contributed by atoms with E-state index in [1.165, 1.54) is 0 Å². The van der Waals surface area contributed by atoms with Crippen molar-refractivity contribution >= 4 is 35.8 Å². The molecule has 0 aliphatic carbocycles. The Morgan fingerprint density at radius 2 is 1.67 bits per heavy atom. The van der Waals surface area contributed by atoms with Gasteiger partial charge in [-0.25, -0.2) is 0 Å². The number of ether oxygens (including phenoxy) is 1. The molecule has 0 unspecified atom stereocenters. The molecule has 2 rings (SSSR count). The third kappa shape index (κ3) is 6.74. The number of hydrogen-bond acceptors (Lipinski definition) is 3. The van der Waals surface area contributed by atoms with Gasteiger partial charge in [-0.2, -0.15) is 0 Å². The average Bonchev–Trinajstić information content (AvgIpc) is 2.68. The number of benzene rings is 2. The maximum Gasteiger partial charge on any atom is 0.253 e. The highest BCUT2D eigenvalue weighted by Crippen LogP contribution is 2.16. The normalized spacial score (nSPS) is 10.6. The van der Waals surface area contributed by atoms with Crippen molar-refractivity contribution in [1.29, 1.82) is 0 Å². The zero-order valence-electron chi connectivity index (χ0n) is 16.2. The first-order chi connectivity index (χ1) is 12.5. The van der Waals surface area contributed by atoms with Gasteiger partial charge in [0.15, 0.2) is 5.96 Å². The molecule has 0 fully saturated rings. The second-order valence-electron chi connectivity index (χ2n) is 5.99. The number of halogens is 1. The van der Waals surface area contributed by atoms with Gasteiger partial charge in [0, 0.05) is 45.4 Å². The van der Waals surface area contributed by atoms with E-state index in [0.717, 1.165) is 16.9 Å². The van der Waals surface area contributed by atoms with Crippen LogP contribution in [0, 0.1) is 0 Å². The summed E-state index contributed by atoms with van der Waals surface area (Å²) in [5.74, 6) is 1.54. The van der Waals surface area contributed by atoms with Crippen LogP contribution < -0.4 is 15.4 Å². The highest BCUT2D eigenvalue weighted by atomic mass is 127. The molecular weight excluding hydrogens is 455 g/mol. The third-order valence-electron chi connectivity index (χ3n) is 3.93. The Bertz CT molecular complexity index is 761. The van der Waals surface area contributed by atoms with Gasteiger partial charge in [-0.3, -0.25) is 9.79 Å². The summed E-state index contributed by atoms with van der Waals surface area (Å²) in [6, 6.07) is 15.4. The molecule has 0 atom stereocenters. The van der Waals surface area contributed by atoms with Gasteiger partial charge in [-0.15, -0.1) is 24.0 Å². The number of carbonyl (C=O) groups excluding carboxylic acids is 1. The summed E-state index contributed by atoms with van der Waals surface area (Å²) in [5.41, 5.74) is 2.81. The molecule has 6 nitrogen and oxygen atoms in total. The molecule has 0 bridgehead atoms. The van der Waals surface area contributed by atoms with Crippen LogP contribution in [0.15, 0.2) is 53.5 Å². The molecule has 1 amide bonds. The van der Waals surface area contributed by atoms with E-state index in [0.29, 0.717) is 24.6 Å². The Morgan fingerprint density at radius 1 is 1.04 bits per heavy atom. The fourth-order valence-corrected chi connectivity index (χ4v) is 2.46. The maximum atomic E-state index is 11.9. The largest absolute Gasteiger partial charge is 0.496 e. The van der Waals surface area contributed by atoms with E-state index in [4.69, 9.17) is 4.74 Å². The van der Waals surface area contributed by atoms with Crippen molar-refractivity contribution in [3.63, 3.8) is 0 Å². The summed E-state index contributed by atoms with van der Waals surface area (Å²) in [5, 5.41) is 6.54. The number of nitrogens with one attached hydrogen (secondary N) is 2. The van der Waals surface area contributed by atoms with Crippen LogP contribution in [-0.4, -0.2) is 45.0 Å². The first-order valence-corrected chi connectivity index (χ1v) is 8.42. The van der Waals surface area contributed by atoms with Crippen LogP contribution >= 0.6 is 24.0 Å². The standard InChI is InChI=1S/C20H26N4O2.HI/c1-21-20(23-14-17-7-5-6-8-18(17)26-4)22-13-15-9-11-16(12-10-15)19(25)24(2)3;/h5-12H,13-14H2,1-4H3,(H2,21,22,23);1H. The molecule has 0 aliphatic heterocycles. The van der Waals surface area contributed by atoms with Crippen molar-refractivity contribution in [2.45, 2.75) is 13.1 Å². The SMILES string of the molecule is CN=C(NCc1ccc(C(=O)N(C)C)cc1)NCc1ccccc1OC.I. The number of para-hydroxylation sites is 1. The van der Waals surface area contributed by atoms with Crippen LogP contribution in [-0.2, 0) is 13.1 Å². The van der Waals surface area contributed by atoms with Crippen LogP contribution in [0.25, 0.3) is 0 Å². The number of hydrogen-bond donors (Lipinski definition) is 2. The zero-order chi connectivity index (χ0) is 18.9. The molecule has 146 valence electrons. The third-order valence-corrected chi connectivity index (χ3v) is 3.93. The highest BCUT2D eigenvalue weighted by molar-refractivity contribution is 14.0. The fourth-order valence-electron chi connectivity index (χ4n) is 2.46. The van der Waals surface area contributed by atoms with E-state index in [1.807, 2.05) is 48.5 Å². The lowest BCUT2D eigenvalue weighted by Gasteiger charge is -2.14. The monoisotopic (exact) mass is 482 g/mol. The molecule has 0 heterocycles. The van der Waals surface area contributed by atoms with Gasteiger partial charge in [-0.05, 0) is 23.8 Å². The van der Waals surface area contributed by atoms with Gasteiger partial charge < -0.3 is 20.3 Å². The second-order valence-corrected chi connectivity index (χ2v) is 5.99. The summed E-state index contributed by atoms with van der Waals surface area (Å²) >= 11 is 0. The smallest absolute Gasteiger partial charge is 0.253 e. The molecule has 0 aromatic heterocycles. The van der Waals surface area contributed by atoms with E-state index in [2.05, 4.69) is 15.6 Å². The number of rotatable bonds is 6. The Morgan fingerprint density at radius 3 is 2.26 bits per heavy atom. The minimum Gasteiger partial charge on any atom is -0.496 e. The number of carbonyl (C=O) groups is 1. The van der Waals surface area contributed by atoms with Gasteiger partial charge in [-0.1, -0.05) is 30.3 Å². The Hall–Kier alpha value is -2.29. The fraction of sp³-hybridized carbons (Fsp3) is 0.300. The molecule has 2 aromatic rings. The number of amides is 1. The highest BCUT2D eigenvalue weighted by Gasteiger charge is 2.07. The summed E-state index contributed by atoms with van der Waals surface area (Å²) in [7, 11) is 6.89. The van der Waals surface area contributed by atoms with Gasteiger partial charge >= 0.3 is 0 Å². The van der Waals surface area contributed by atoms with E-state index < -0.39 is 0 Å². The van der Waals surface area contributed by atoms with Crippen molar-refractivity contribution in [2.75, 3.05) is 28.3 Å². The van der Waals surface area contributed by atoms with E-state index in [1.54, 1.807) is 33.2 Å². The van der Waals surface area contributed by atoms with Crippen molar-refractivity contribution in [2.24, 2.45) is 4.99 Å². The Labute approximate surface area is 178 Å². The molecule has 0 radical (unpaired) electrons. The Balaban J connectivity index is 0.00000364. The lowest BCUT2D eigenvalue weighted by molar-refractivity contribution is 0.0827. The van der Waals surface area contributed by atoms with Crippen LogP contribution in [0.2, 0.25) is 0 Å². The summed E-state index contributed by atoms with van der Waals surface area (Å²) in [4.78, 5) is 17.7. The predicted molar refractivity (Wildman–Crippen MR) is 120 cm³/mol. The lowest BCUT2D eigenvalue weighted by Crippen LogP contribution is -2.36. The van der Waals surface area contributed by atoms with Gasteiger partial charge in [0.05, 0.1) is 7.11 Å². The first kappa shape index (κ1) is 22.8. The van der Waals surface area contributed by atoms with E-state index >= 15 is 0 Å². The van der Waals surface area contributed by atoms with Crippen LogP contribution in [0.3, 0.4) is 0 Å². The van der Waals surface area contributed by atoms with Crippen molar-refractivity contribution < 1.29 is 9.53 Å². The summed E-state index contributed by atoms with van der Waals surface area (Å²) in [6.45, 7) is 1.22. The number of aliphatic imine (C=N–C) groups is 1. The van der Waals surface area contributed by atoms with Crippen LogP contribution in [0.1, 0.15) is 21.5 Å². The average molecular weight is 482 g/mol. The minimum absolute atomic E-state index is 0. The zero-order valence-corrected chi connectivity index (χ0v) is 18.5. The molecule has 2 N–H and O–H groups in total. The second kappa shape index (κ2) is 11.4. The molecule has 27 heavy (non-hydrogen) atoms. The van der Waals surface area contributed by atoms with Crippen molar-refractivity contribution in [3.8, 4) is 5.75 Å². The number of nitrogens with zero attached hydrogens (tertiary/aromatic N) is 2. The van der Waals surface area contributed by atoms with Crippen molar-refractivity contribution in [3.05, 3.63) is 65.2 Å². The van der Waals surface area contributed by atoms with E-state index in [9.17, 15) is 4.79 Å². The topological polar surface area (TPSA) is 66.0 Å². The molecule has 0 spiro atoms. The van der Waals surface area contributed by atoms with Crippen LogP contribution in [0.4, 0.5) is 0 Å². The molecule has 2 aromatic carbocycles. The lowest BCUT2D eigenvalue weighted by atomic mass is 10.1. The van der Waals surface area contributed by atoms with Crippen LogP contribution in [0.5, 0.6) is 5.75 Å². The van der Waals surface area contributed by atoms with Gasteiger partial charge in [0.1, 0.15) is 5.75 Å². The summed E-state index contributed by atoms with van der Waals surface area (Å²) < 4.78 is 5.36. The molecule has 0 aliphatic rings. The van der Waals surface area contributed by atoms with Crippen molar-refractivity contribution in [1.82, 2.24) is 15.5 Å². The molecular formula is C20H27IN4O2. The first-order valence-electron chi connectivity index (χ1n) is 8.42. The summed E-state index contributed by atoms with van der Waals surface area (Å²) in [6.07, 6.45) is 0. The number of methoxy groups -OCH3 is 1. The molecule has 0 saturated carbocycles. The minimum atomic E-state index is -0.00112.